The third-order valence-electron chi connectivity index (χ3n) is 2.58. The van der Waals surface area contributed by atoms with Crippen molar-refractivity contribution in [1.29, 1.82) is 0 Å². The second-order valence-electron chi connectivity index (χ2n) is 3.76. The molecule has 0 spiro atoms. The molecule has 0 unspecified atom stereocenters. The van der Waals surface area contributed by atoms with E-state index in [-0.39, 0.29) is 0 Å². The van der Waals surface area contributed by atoms with Crippen LogP contribution in [0.15, 0.2) is 47.4 Å². The van der Waals surface area contributed by atoms with Crippen LogP contribution in [0.3, 0.4) is 0 Å². The lowest BCUT2D eigenvalue weighted by Crippen LogP contribution is -1.87. The quantitative estimate of drug-likeness (QED) is 0.847. The van der Waals surface area contributed by atoms with Crippen molar-refractivity contribution in [2.75, 3.05) is 0 Å². The van der Waals surface area contributed by atoms with E-state index < -0.39 is 10.7 Å². The van der Waals surface area contributed by atoms with Gasteiger partial charge in [0, 0.05) is 5.02 Å². The maximum Gasteiger partial charge on any atom is 0.168 e. The largest absolute Gasteiger partial charge is 0.227 e. The Morgan fingerprint density at radius 1 is 1.00 bits per heavy atom. The molecule has 2 nitrogen and oxygen atoms in total. The van der Waals surface area contributed by atoms with Crippen molar-refractivity contribution in [2.45, 2.75) is 11.8 Å². The van der Waals surface area contributed by atoms with E-state index in [1.165, 1.54) is 0 Å². The standard InChI is InChI=1S/C13H11ClO2S/c1-9-8-12(17(15)16)6-7-13(9)10-2-4-11(14)5-3-10/h2-8,17H,1H3. The summed E-state index contributed by atoms with van der Waals surface area (Å²) >= 11 is 5.83. The lowest BCUT2D eigenvalue weighted by atomic mass is 10.0. The van der Waals surface area contributed by atoms with Crippen LogP contribution in [-0.2, 0) is 10.7 Å². The second-order valence-corrected chi connectivity index (χ2v) is 5.23. The van der Waals surface area contributed by atoms with E-state index in [0.717, 1.165) is 16.7 Å². The summed E-state index contributed by atoms with van der Waals surface area (Å²) in [6.45, 7) is 1.90. The molecule has 0 aliphatic carbocycles. The molecule has 0 saturated heterocycles. The molecule has 2 aromatic rings. The summed E-state index contributed by atoms with van der Waals surface area (Å²) in [7, 11) is -2.52. The molecule has 0 N–H and O–H groups in total. The second kappa shape index (κ2) is 4.90. The van der Waals surface area contributed by atoms with Gasteiger partial charge in [-0.1, -0.05) is 29.8 Å². The fraction of sp³-hybridized carbons (Fsp3) is 0.0769. The van der Waals surface area contributed by atoms with Crippen molar-refractivity contribution < 1.29 is 8.42 Å². The van der Waals surface area contributed by atoms with Gasteiger partial charge in [-0.05, 0) is 47.9 Å². The van der Waals surface area contributed by atoms with E-state index in [1.807, 2.05) is 37.3 Å². The molecule has 17 heavy (non-hydrogen) atoms. The van der Waals surface area contributed by atoms with Crippen molar-refractivity contribution >= 4 is 22.3 Å². The van der Waals surface area contributed by atoms with Gasteiger partial charge >= 0.3 is 0 Å². The van der Waals surface area contributed by atoms with E-state index in [4.69, 9.17) is 11.6 Å². The van der Waals surface area contributed by atoms with Crippen LogP contribution in [0.1, 0.15) is 5.56 Å². The van der Waals surface area contributed by atoms with Crippen LogP contribution in [0.2, 0.25) is 5.02 Å². The van der Waals surface area contributed by atoms with Gasteiger partial charge in [0.15, 0.2) is 10.7 Å². The Balaban J connectivity index is 2.50. The van der Waals surface area contributed by atoms with Crippen LogP contribution in [0, 0.1) is 6.92 Å². The van der Waals surface area contributed by atoms with Gasteiger partial charge in [0.05, 0.1) is 4.90 Å². The molecular weight excluding hydrogens is 256 g/mol. The topological polar surface area (TPSA) is 34.1 Å². The van der Waals surface area contributed by atoms with Gasteiger partial charge in [0.2, 0.25) is 0 Å². The van der Waals surface area contributed by atoms with Crippen molar-refractivity contribution in [3.63, 3.8) is 0 Å². The summed E-state index contributed by atoms with van der Waals surface area (Å²) in [5, 5.41) is 0.686. The van der Waals surface area contributed by atoms with Crippen molar-refractivity contribution in [1.82, 2.24) is 0 Å². The van der Waals surface area contributed by atoms with Crippen LogP contribution < -0.4 is 0 Å². The number of benzene rings is 2. The fourth-order valence-corrected chi connectivity index (χ4v) is 2.34. The summed E-state index contributed by atoms with van der Waals surface area (Å²) < 4.78 is 21.7. The highest BCUT2D eigenvalue weighted by molar-refractivity contribution is 7.72. The minimum atomic E-state index is -2.52. The zero-order chi connectivity index (χ0) is 12.4. The van der Waals surface area contributed by atoms with Crippen molar-refractivity contribution in [3.05, 3.63) is 53.1 Å². The van der Waals surface area contributed by atoms with Crippen LogP contribution in [0.4, 0.5) is 0 Å². The average molecular weight is 267 g/mol. The summed E-state index contributed by atoms with van der Waals surface area (Å²) in [5.41, 5.74) is 2.98. The summed E-state index contributed by atoms with van der Waals surface area (Å²) in [6, 6.07) is 12.6. The molecule has 0 heterocycles. The van der Waals surface area contributed by atoms with Gasteiger partial charge in [-0.2, -0.15) is 0 Å². The zero-order valence-corrected chi connectivity index (χ0v) is 10.8. The van der Waals surface area contributed by atoms with Crippen LogP contribution in [0.25, 0.3) is 11.1 Å². The van der Waals surface area contributed by atoms with Crippen LogP contribution in [0.5, 0.6) is 0 Å². The number of thiol groups is 1. The Hall–Kier alpha value is -1.32. The first-order valence-corrected chi connectivity index (χ1v) is 6.64. The molecule has 0 aromatic heterocycles. The van der Waals surface area contributed by atoms with Crippen LogP contribution >= 0.6 is 11.6 Å². The molecule has 0 aliphatic rings. The molecule has 0 atom stereocenters. The van der Waals surface area contributed by atoms with Gasteiger partial charge in [0.25, 0.3) is 0 Å². The predicted octanol–water partition coefficient (Wildman–Crippen LogP) is 3.29. The van der Waals surface area contributed by atoms with Gasteiger partial charge in [-0.15, -0.1) is 0 Å². The SMILES string of the molecule is Cc1cc([SH](=O)=O)ccc1-c1ccc(Cl)cc1. The maximum atomic E-state index is 10.9. The zero-order valence-electron chi connectivity index (χ0n) is 9.18. The molecule has 0 bridgehead atoms. The Labute approximate surface area is 107 Å². The Kier molecular flexibility index (Phi) is 3.50. The number of rotatable bonds is 2. The molecule has 0 radical (unpaired) electrons. The smallest absolute Gasteiger partial charge is 0.168 e. The van der Waals surface area contributed by atoms with E-state index in [9.17, 15) is 8.42 Å². The fourth-order valence-electron chi connectivity index (χ4n) is 1.71. The third-order valence-corrected chi connectivity index (χ3v) is 3.53. The highest BCUT2D eigenvalue weighted by Gasteiger charge is 2.04. The summed E-state index contributed by atoms with van der Waals surface area (Å²) in [6.07, 6.45) is 0. The minimum absolute atomic E-state index is 0.343. The van der Waals surface area contributed by atoms with Crippen molar-refractivity contribution in [2.24, 2.45) is 0 Å². The highest BCUT2D eigenvalue weighted by Crippen LogP contribution is 2.25. The Bertz CT molecular complexity index is 608. The number of aryl methyl sites for hydroxylation is 1. The van der Waals surface area contributed by atoms with Gasteiger partial charge < -0.3 is 0 Å². The third kappa shape index (κ3) is 2.68. The van der Waals surface area contributed by atoms with Gasteiger partial charge in [-0.25, -0.2) is 8.42 Å². The van der Waals surface area contributed by atoms with E-state index >= 15 is 0 Å². The number of hydrogen-bond acceptors (Lipinski definition) is 2. The van der Waals surface area contributed by atoms with E-state index in [0.29, 0.717) is 9.92 Å². The molecule has 88 valence electrons. The van der Waals surface area contributed by atoms with E-state index in [2.05, 4.69) is 0 Å². The summed E-state index contributed by atoms with van der Waals surface area (Å²) in [4.78, 5) is 0.343. The first-order chi connectivity index (χ1) is 8.08. The average Bonchev–Trinajstić information content (AvgIpc) is 2.30. The predicted molar refractivity (Wildman–Crippen MR) is 70.2 cm³/mol. The molecule has 0 amide bonds. The maximum absolute atomic E-state index is 10.9. The number of halogens is 1. The van der Waals surface area contributed by atoms with Crippen molar-refractivity contribution in [3.8, 4) is 11.1 Å². The first kappa shape index (κ1) is 12.1. The minimum Gasteiger partial charge on any atom is -0.227 e. The lowest BCUT2D eigenvalue weighted by Gasteiger charge is -2.06. The Morgan fingerprint density at radius 2 is 1.65 bits per heavy atom. The molecule has 2 rings (SSSR count). The normalized spacial score (nSPS) is 10.8. The molecule has 0 aliphatic heterocycles. The molecule has 2 aromatic carbocycles. The molecule has 0 saturated carbocycles. The first-order valence-electron chi connectivity index (χ1n) is 5.09. The van der Waals surface area contributed by atoms with E-state index in [1.54, 1.807) is 12.1 Å². The van der Waals surface area contributed by atoms with Gasteiger partial charge in [-0.3, -0.25) is 0 Å². The molecule has 0 fully saturated rings. The van der Waals surface area contributed by atoms with Crippen LogP contribution in [-0.4, -0.2) is 8.42 Å². The molecular formula is C13H11ClO2S. The number of hydrogen-bond donors (Lipinski definition) is 1. The monoisotopic (exact) mass is 266 g/mol. The van der Waals surface area contributed by atoms with Gasteiger partial charge in [0.1, 0.15) is 0 Å². The molecule has 4 heteroatoms. The Morgan fingerprint density at radius 3 is 2.18 bits per heavy atom. The highest BCUT2D eigenvalue weighted by atomic mass is 35.5. The summed E-state index contributed by atoms with van der Waals surface area (Å²) in [5.74, 6) is 0. The lowest BCUT2D eigenvalue weighted by molar-refractivity contribution is 0.614.